The van der Waals surface area contributed by atoms with Crippen LogP contribution < -0.4 is 4.74 Å². The molecule has 4 heterocycles. The Balaban J connectivity index is 1.56. The Labute approximate surface area is 174 Å². The van der Waals surface area contributed by atoms with Gasteiger partial charge in [-0.1, -0.05) is 24.3 Å². The molecule has 0 saturated carbocycles. The van der Waals surface area contributed by atoms with E-state index in [1.54, 1.807) is 7.11 Å². The molecule has 0 bridgehead atoms. The van der Waals surface area contributed by atoms with Crippen molar-refractivity contribution in [2.24, 2.45) is 0 Å². The molecule has 7 nitrogen and oxygen atoms in total. The minimum atomic E-state index is -0.617. The van der Waals surface area contributed by atoms with Crippen LogP contribution in [0.3, 0.4) is 0 Å². The second-order valence-corrected chi connectivity index (χ2v) is 8.34. The molecule has 1 unspecified atom stereocenters. The molecule has 1 aromatic carbocycles. The molecule has 0 aliphatic carbocycles. The molecule has 2 atom stereocenters. The van der Waals surface area contributed by atoms with E-state index in [-0.39, 0.29) is 6.04 Å². The number of aliphatic hydroxyl groups is 1. The van der Waals surface area contributed by atoms with Gasteiger partial charge >= 0.3 is 0 Å². The van der Waals surface area contributed by atoms with Gasteiger partial charge in [-0.2, -0.15) is 0 Å². The van der Waals surface area contributed by atoms with Gasteiger partial charge in [0.1, 0.15) is 17.0 Å². The fraction of sp³-hybridized carbons (Fsp3) is 0.348. The number of aromatic nitrogens is 4. The summed E-state index contributed by atoms with van der Waals surface area (Å²) in [5.74, 6) is 1.43. The molecule has 0 spiro atoms. The van der Waals surface area contributed by atoms with E-state index in [0.717, 1.165) is 46.5 Å². The van der Waals surface area contributed by atoms with Gasteiger partial charge in [-0.05, 0) is 44.0 Å². The van der Waals surface area contributed by atoms with E-state index < -0.39 is 5.60 Å². The highest BCUT2D eigenvalue weighted by Crippen LogP contribution is 2.31. The molecule has 4 aromatic rings. The highest BCUT2D eigenvalue weighted by molar-refractivity contribution is 5.86. The number of nitrogens with zero attached hydrogens (tertiary/aromatic N) is 5. The standard InChI is InChI=1S/C23H25N5O2/c1-15(27-12-11-23(2,29)14-27)17-8-10-20-25-26-22(28(20)13-17)18-9-7-16-5-4-6-19(30-3)21(16)24-18/h4-10,13,15,29H,11-12,14H2,1-3H3/t15-,23?/m0/s1. The summed E-state index contributed by atoms with van der Waals surface area (Å²) in [6.45, 7) is 5.63. The third-order valence-electron chi connectivity index (χ3n) is 6.07. The minimum Gasteiger partial charge on any atom is -0.494 e. The van der Waals surface area contributed by atoms with E-state index in [4.69, 9.17) is 9.72 Å². The maximum absolute atomic E-state index is 10.3. The van der Waals surface area contributed by atoms with Gasteiger partial charge in [0.2, 0.25) is 0 Å². The van der Waals surface area contributed by atoms with Crippen LogP contribution in [-0.4, -0.2) is 55.4 Å². The lowest BCUT2D eigenvalue weighted by Gasteiger charge is -2.26. The molecule has 1 fully saturated rings. The second kappa shape index (κ2) is 7.04. The van der Waals surface area contributed by atoms with Crippen molar-refractivity contribution in [1.82, 2.24) is 24.5 Å². The second-order valence-electron chi connectivity index (χ2n) is 8.34. The molecule has 1 aliphatic rings. The molecule has 1 aliphatic heterocycles. The number of hydrogen-bond acceptors (Lipinski definition) is 6. The predicted octanol–water partition coefficient (Wildman–Crippen LogP) is 3.47. The Hall–Kier alpha value is -3.03. The fourth-order valence-electron chi connectivity index (χ4n) is 4.26. The molecule has 0 amide bonds. The van der Waals surface area contributed by atoms with Crippen molar-refractivity contribution in [3.05, 3.63) is 54.2 Å². The van der Waals surface area contributed by atoms with Crippen LogP contribution in [0.2, 0.25) is 0 Å². The first kappa shape index (κ1) is 19.0. The van der Waals surface area contributed by atoms with E-state index in [9.17, 15) is 5.11 Å². The third-order valence-corrected chi connectivity index (χ3v) is 6.07. The Morgan fingerprint density at radius 3 is 2.77 bits per heavy atom. The van der Waals surface area contributed by atoms with Crippen LogP contribution in [-0.2, 0) is 0 Å². The summed E-state index contributed by atoms with van der Waals surface area (Å²) in [6.07, 6.45) is 2.87. The number of para-hydroxylation sites is 1. The lowest BCUT2D eigenvalue weighted by molar-refractivity contribution is 0.0633. The highest BCUT2D eigenvalue weighted by Gasteiger charge is 2.34. The van der Waals surface area contributed by atoms with Crippen LogP contribution in [0.5, 0.6) is 5.75 Å². The maximum atomic E-state index is 10.3. The summed E-state index contributed by atoms with van der Waals surface area (Å²) >= 11 is 0. The number of ether oxygens (including phenoxy) is 1. The van der Waals surface area contributed by atoms with Crippen LogP contribution in [0.1, 0.15) is 31.9 Å². The van der Waals surface area contributed by atoms with Crippen molar-refractivity contribution >= 4 is 16.6 Å². The molecule has 154 valence electrons. The Morgan fingerprint density at radius 2 is 2.00 bits per heavy atom. The lowest BCUT2D eigenvalue weighted by atomic mass is 10.1. The molecule has 30 heavy (non-hydrogen) atoms. The zero-order valence-corrected chi connectivity index (χ0v) is 17.4. The Kier molecular flexibility index (Phi) is 4.45. The smallest absolute Gasteiger partial charge is 0.187 e. The van der Waals surface area contributed by atoms with Crippen molar-refractivity contribution in [2.75, 3.05) is 20.2 Å². The molecule has 1 saturated heterocycles. The molecule has 0 radical (unpaired) electrons. The van der Waals surface area contributed by atoms with E-state index in [0.29, 0.717) is 12.4 Å². The average Bonchev–Trinajstić information content (AvgIpc) is 3.34. The number of rotatable bonds is 4. The van der Waals surface area contributed by atoms with E-state index in [2.05, 4.69) is 34.3 Å². The summed E-state index contributed by atoms with van der Waals surface area (Å²) < 4.78 is 7.47. The first-order valence-electron chi connectivity index (χ1n) is 10.2. The minimum absolute atomic E-state index is 0.184. The van der Waals surface area contributed by atoms with Crippen molar-refractivity contribution in [3.63, 3.8) is 0 Å². The number of pyridine rings is 2. The van der Waals surface area contributed by atoms with E-state index in [1.807, 2.05) is 47.7 Å². The number of benzene rings is 1. The van der Waals surface area contributed by atoms with Crippen molar-refractivity contribution < 1.29 is 9.84 Å². The average molecular weight is 403 g/mol. The lowest BCUT2D eigenvalue weighted by Crippen LogP contribution is -2.31. The summed E-state index contributed by atoms with van der Waals surface area (Å²) in [5, 5.41) is 20.1. The zero-order chi connectivity index (χ0) is 20.9. The Morgan fingerprint density at radius 1 is 1.13 bits per heavy atom. The van der Waals surface area contributed by atoms with Gasteiger partial charge in [0.25, 0.3) is 0 Å². The van der Waals surface area contributed by atoms with Gasteiger partial charge in [-0.15, -0.1) is 10.2 Å². The third kappa shape index (κ3) is 3.20. The summed E-state index contributed by atoms with van der Waals surface area (Å²) in [7, 11) is 1.65. The number of fused-ring (bicyclic) bond motifs is 2. The van der Waals surface area contributed by atoms with Crippen LogP contribution in [0.15, 0.2) is 48.7 Å². The monoisotopic (exact) mass is 403 g/mol. The number of β-amino-alcohol motifs (C(OH)–C–C–N with tert-alkyl or cyclic N) is 1. The topological polar surface area (TPSA) is 75.8 Å². The van der Waals surface area contributed by atoms with Crippen LogP contribution in [0.25, 0.3) is 28.1 Å². The van der Waals surface area contributed by atoms with Crippen LogP contribution >= 0.6 is 0 Å². The molecular weight excluding hydrogens is 378 g/mol. The first-order valence-corrected chi connectivity index (χ1v) is 10.2. The molecule has 7 heteroatoms. The van der Waals surface area contributed by atoms with E-state index >= 15 is 0 Å². The normalized spacial score (nSPS) is 20.8. The van der Waals surface area contributed by atoms with E-state index in [1.165, 1.54) is 0 Å². The van der Waals surface area contributed by atoms with Gasteiger partial charge in [0, 0.05) is 30.7 Å². The molecule has 1 N–H and O–H groups in total. The number of hydrogen-bond donors (Lipinski definition) is 1. The molecular formula is C23H25N5O2. The summed E-state index contributed by atoms with van der Waals surface area (Å²) in [5.41, 5.74) is 2.86. The van der Waals surface area contributed by atoms with Crippen molar-refractivity contribution in [1.29, 1.82) is 0 Å². The Bertz CT molecular complexity index is 1230. The molecule has 3 aromatic heterocycles. The summed E-state index contributed by atoms with van der Waals surface area (Å²) in [4.78, 5) is 7.13. The van der Waals surface area contributed by atoms with Gasteiger partial charge in [-0.3, -0.25) is 9.30 Å². The maximum Gasteiger partial charge on any atom is 0.187 e. The fourth-order valence-corrected chi connectivity index (χ4v) is 4.26. The van der Waals surface area contributed by atoms with Gasteiger partial charge in [0.15, 0.2) is 11.5 Å². The highest BCUT2D eigenvalue weighted by atomic mass is 16.5. The zero-order valence-electron chi connectivity index (χ0n) is 17.4. The van der Waals surface area contributed by atoms with Crippen LogP contribution in [0, 0.1) is 0 Å². The van der Waals surface area contributed by atoms with Gasteiger partial charge in [-0.25, -0.2) is 4.98 Å². The van der Waals surface area contributed by atoms with Crippen molar-refractivity contribution in [3.8, 4) is 17.3 Å². The van der Waals surface area contributed by atoms with Crippen LogP contribution in [0.4, 0.5) is 0 Å². The largest absolute Gasteiger partial charge is 0.494 e. The quantitative estimate of drug-likeness (QED) is 0.562. The van der Waals surface area contributed by atoms with Crippen molar-refractivity contribution in [2.45, 2.75) is 31.9 Å². The predicted molar refractivity (Wildman–Crippen MR) is 116 cm³/mol. The molecule has 5 rings (SSSR count). The van der Waals surface area contributed by atoms with Gasteiger partial charge in [0.05, 0.1) is 12.7 Å². The summed E-state index contributed by atoms with van der Waals surface area (Å²) in [6, 6.07) is 14.1. The SMILES string of the molecule is COc1cccc2ccc(-c3nnc4ccc([C@H](C)N5CCC(C)(O)C5)cn34)nc12. The number of methoxy groups -OCH3 is 1. The first-order chi connectivity index (χ1) is 14.4. The number of likely N-dealkylation sites (tertiary alicyclic amines) is 1. The van der Waals surface area contributed by atoms with Gasteiger partial charge < -0.3 is 9.84 Å².